The maximum atomic E-state index is 13.3. The van der Waals surface area contributed by atoms with Gasteiger partial charge in [0.1, 0.15) is 11.6 Å². The number of anilines is 1. The minimum Gasteiger partial charge on any atom is -0.508 e. The molecule has 0 bridgehead atoms. The van der Waals surface area contributed by atoms with Gasteiger partial charge in [0.05, 0.1) is 24.8 Å². The zero-order chi connectivity index (χ0) is 27.4. The Hall–Kier alpha value is -3.78. The fourth-order valence-corrected chi connectivity index (χ4v) is 5.61. The molecule has 1 heterocycles. The minimum atomic E-state index is -0.698. The molecular formula is C32H31FN2O3S. The molecule has 200 valence electrons. The molecule has 5 rings (SSSR count). The van der Waals surface area contributed by atoms with Crippen LogP contribution in [0.25, 0.3) is 11.1 Å². The summed E-state index contributed by atoms with van der Waals surface area (Å²) in [5.41, 5.74) is 5.13. The summed E-state index contributed by atoms with van der Waals surface area (Å²) in [4.78, 5) is 2.03. The number of aromatic hydroxyl groups is 1. The Morgan fingerprint density at radius 3 is 2.26 bits per heavy atom. The molecule has 1 aliphatic rings. The van der Waals surface area contributed by atoms with Crippen LogP contribution >= 0.6 is 12.2 Å². The Bertz CT molecular complexity index is 1410. The normalized spacial score (nSPS) is 17.7. The molecule has 7 heteroatoms. The lowest BCUT2D eigenvalue weighted by molar-refractivity contribution is 0.162. The van der Waals surface area contributed by atoms with Crippen LogP contribution in [0.5, 0.6) is 5.75 Å². The molecule has 0 saturated carbocycles. The van der Waals surface area contributed by atoms with Crippen LogP contribution in [0.1, 0.15) is 48.1 Å². The van der Waals surface area contributed by atoms with E-state index in [9.17, 15) is 19.7 Å². The molecule has 0 spiro atoms. The van der Waals surface area contributed by atoms with Crippen molar-refractivity contribution in [2.24, 2.45) is 0 Å². The van der Waals surface area contributed by atoms with Gasteiger partial charge in [0.2, 0.25) is 0 Å². The molecule has 0 aromatic heterocycles. The Labute approximate surface area is 233 Å². The number of phenolic OH excluding ortho intramolecular Hbond substituents is 1. The standard InChI is InChI=1S/C32H31FN2O3S/c33-25-14-10-24(11-15-25)29(37)8-4-7-28-31(27-18-9-21(20-36)19-30(27)38)35(32(39)34-28)26-16-12-23(13-17-26)22-5-2-1-3-6-22/h1-3,5-6,9-19,28-29,31,36-38H,4,7-8,20H2,(H,34,39)/t28-,29-,31-/m1/s1. The van der Waals surface area contributed by atoms with Crippen molar-refractivity contribution < 1.29 is 19.7 Å². The molecule has 1 saturated heterocycles. The number of aliphatic hydroxyl groups excluding tert-OH is 2. The number of hydrogen-bond donors (Lipinski definition) is 4. The van der Waals surface area contributed by atoms with Gasteiger partial charge in [0.15, 0.2) is 5.11 Å². The van der Waals surface area contributed by atoms with Crippen LogP contribution < -0.4 is 10.2 Å². The molecule has 0 unspecified atom stereocenters. The van der Waals surface area contributed by atoms with Crippen molar-refractivity contribution in [2.45, 2.75) is 44.1 Å². The van der Waals surface area contributed by atoms with Crippen LogP contribution in [0.15, 0.2) is 97.1 Å². The van der Waals surface area contributed by atoms with E-state index in [2.05, 4.69) is 29.6 Å². The van der Waals surface area contributed by atoms with E-state index in [4.69, 9.17) is 12.2 Å². The molecule has 0 radical (unpaired) electrons. The van der Waals surface area contributed by atoms with Crippen molar-refractivity contribution in [3.05, 3.63) is 120 Å². The number of aliphatic hydroxyl groups is 2. The number of nitrogens with one attached hydrogen (secondary N) is 1. The van der Waals surface area contributed by atoms with Gasteiger partial charge >= 0.3 is 0 Å². The van der Waals surface area contributed by atoms with E-state index < -0.39 is 6.10 Å². The Kier molecular flexibility index (Phi) is 8.21. The van der Waals surface area contributed by atoms with Crippen molar-refractivity contribution in [2.75, 3.05) is 4.90 Å². The number of phenols is 1. The van der Waals surface area contributed by atoms with Crippen molar-refractivity contribution in [3.63, 3.8) is 0 Å². The molecule has 4 aromatic rings. The van der Waals surface area contributed by atoms with Crippen LogP contribution in [-0.2, 0) is 6.61 Å². The first kappa shape index (κ1) is 26.8. The van der Waals surface area contributed by atoms with Gasteiger partial charge in [-0.05, 0) is 84.1 Å². The highest BCUT2D eigenvalue weighted by molar-refractivity contribution is 7.80. The van der Waals surface area contributed by atoms with Gasteiger partial charge in [-0.25, -0.2) is 4.39 Å². The highest BCUT2D eigenvalue weighted by atomic mass is 32.1. The third-order valence-corrected chi connectivity index (χ3v) is 7.60. The summed E-state index contributed by atoms with van der Waals surface area (Å²) in [5.74, 6) is -0.235. The van der Waals surface area contributed by atoms with E-state index in [1.54, 1.807) is 18.2 Å². The predicted octanol–water partition coefficient (Wildman–Crippen LogP) is 6.40. The van der Waals surface area contributed by atoms with Gasteiger partial charge in [-0.2, -0.15) is 0 Å². The Morgan fingerprint density at radius 2 is 1.59 bits per heavy atom. The number of rotatable bonds is 9. The van der Waals surface area contributed by atoms with Gasteiger partial charge in [-0.1, -0.05) is 66.7 Å². The lowest BCUT2D eigenvalue weighted by Gasteiger charge is -2.29. The first-order valence-corrected chi connectivity index (χ1v) is 13.5. The first-order chi connectivity index (χ1) is 18.9. The molecule has 1 aliphatic heterocycles. The first-order valence-electron chi connectivity index (χ1n) is 13.1. The Morgan fingerprint density at radius 1 is 0.897 bits per heavy atom. The summed E-state index contributed by atoms with van der Waals surface area (Å²) < 4.78 is 13.3. The molecule has 1 fully saturated rings. The van der Waals surface area contributed by atoms with Crippen molar-refractivity contribution in [1.82, 2.24) is 5.32 Å². The molecule has 5 nitrogen and oxygen atoms in total. The summed E-state index contributed by atoms with van der Waals surface area (Å²) >= 11 is 5.79. The number of thiocarbonyl (C=S) groups is 1. The molecule has 4 N–H and O–H groups in total. The van der Waals surface area contributed by atoms with Crippen LogP contribution in [0.3, 0.4) is 0 Å². The van der Waals surface area contributed by atoms with E-state index in [-0.39, 0.29) is 30.3 Å². The van der Waals surface area contributed by atoms with E-state index >= 15 is 0 Å². The summed E-state index contributed by atoms with van der Waals surface area (Å²) in [7, 11) is 0. The van der Waals surface area contributed by atoms with Gasteiger partial charge in [0.25, 0.3) is 0 Å². The fraction of sp³-hybridized carbons (Fsp3) is 0.219. The average molecular weight is 543 g/mol. The molecule has 3 atom stereocenters. The quantitative estimate of drug-likeness (QED) is 0.184. The Balaban J connectivity index is 1.39. The van der Waals surface area contributed by atoms with Gasteiger partial charge in [-0.3, -0.25) is 0 Å². The predicted molar refractivity (Wildman–Crippen MR) is 156 cm³/mol. The van der Waals surface area contributed by atoms with E-state index in [1.807, 2.05) is 47.4 Å². The summed E-state index contributed by atoms with van der Waals surface area (Å²) in [6, 6.07) is 29.1. The number of halogens is 1. The maximum absolute atomic E-state index is 13.3. The van der Waals surface area contributed by atoms with Crippen LogP contribution in [0.4, 0.5) is 10.1 Å². The topological polar surface area (TPSA) is 76.0 Å². The van der Waals surface area contributed by atoms with Gasteiger partial charge in [0, 0.05) is 11.3 Å². The second-order valence-electron chi connectivity index (χ2n) is 9.83. The highest BCUT2D eigenvalue weighted by Crippen LogP contribution is 2.41. The van der Waals surface area contributed by atoms with Crippen LogP contribution in [0, 0.1) is 5.82 Å². The van der Waals surface area contributed by atoms with Crippen molar-refractivity contribution >= 4 is 23.0 Å². The maximum Gasteiger partial charge on any atom is 0.174 e. The lowest BCUT2D eigenvalue weighted by atomic mass is 9.92. The average Bonchev–Trinajstić information content (AvgIpc) is 3.29. The monoisotopic (exact) mass is 542 g/mol. The minimum absolute atomic E-state index is 0.0975. The molecular weight excluding hydrogens is 511 g/mol. The van der Waals surface area contributed by atoms with E-state index in [0.29, 0.717) is 41.1 Å². The number of benzene rings is 4. The fourth-order valence-electron chi connectivity index (χ4n) is 5.24. The summed E-state index contributed by atoms with van der Waals surface area (Å²) in [5, 5.41) is 35.1. The summed E-state index contributed by atoms with van der Waals surface area (Å²) in [6.45, 7) is -0.162. The highest BCUT2D eigenvalue weighted by Gasteiger charge is 2.40. The van der Waals surface area contributed by atoms with Crippen LogP contribution in [0.2, 0.25) is 0 Å². The second-order valence-corrected chi connectivity index (χ2v) is 10.2. The van der Waals surface area contributed by atoms with Gasteiger partial charge in [-0.15, -0.1) is 0 Å². The molecule has 39 heavy (non-hydrogen) atoms. The lowest BCUT2D eigenvalue weighted by Crippen LogP contribution is -2.29. The molecule has 0 aliphatic carbocycles. The summed E-state index contributed by atoms with van der Waals surface area (Å²) in [6.07, 6.45) is 1.18. The zero-order valence-electron chi connectivity index (χ0n) is 21.4. The van der Waals surface area contributed by atoms with E-state index in [1.165, 1.54) is 12.1 Å². The zero-order valence-corrected chi connectivity index (χ0v) is 22.2. The van der Waals surface area contributed by atoms with Gasteiger partial charge < -0.3 is 25.5 Å². The largest absolute Gasteiger partial charge is 0.508 e. The SMILES string of the molecule is OCc1ccc([C@@H]2[C@@H](CCC[C@@H](O)c3ccc(F)cc3)NC(=S)N2c2ccc(-c3ccccc3)cc2)c(O)c1. The molecule has 4 aromatic carbocycles. The van der Waals surface area contributed by atoms with E-state index in [0.717, 1.165) is 16.8 Å². The number of nitrogens with zero attached hydrogens (tertiary/aromatic N) is 1. The smallest absolute Gasteiger partial charge is 0.174 e. The van der Waals surface area contributed by atoms with Crippen LogP contribution in [-0.4, -0.2) is 26.5 Å². The third kappa shape index (κ3) is 5.96. The third-order valence-electron chi connectivity index (χ3n) is 7.28. The van der Waals surface area contributed by atoms with Crippen molar-refractivity contribution in [3.8, 4) is 16.9 Å². The second kappa shape index (κ2) is 11.9. The number of hydrogen-bond acceptors (Lipinski definition) is 4. The van der Waals surface area contributed by atoms with Crippen molar-refractivity contribution in [1.29, 1.82) is 0 Å². The molecule has 0 amide bonds.